The Morgan fingerprint density at radius 2 is 2.26 bits per heavy atom. The number of non-ortho nitro benzene ring substituents is 1. The van der Waals surface area contributed by atoms with E-state index in [0.29, 0.717) is 13.2 Å². The van der Waals surface area contributed by atoms with Gasteiger partial charge < -0.3 is 10.1 Å². The number of hydrogen-bond donors (Lipinski definition) is 1. The van der Waals surface area contributed by atoms with Crippen LogP contribution in [0.1, 0.15) is 18.4 Å². The first-order chi connectivity index (χ1) is 9.16. The van der Waals surface area contributed by atoms with E-state index in [2.05, 4.69) is 21.2 Å². The van der Waals surface area contributed by atoms with Crippen molar-refractivity contribution in [3.05, 3.63) is 38.3 Å². The monoisotopic (exact) mass is 328 g/mol. The molecule has 6 heteroatoms. The van der Waals surface area contributed by atoms with Crippen LogP contribution in [0.15, 0.2) is 22.7 Å². The lowest BCUT2D eigenvalue weighted by molar-refractivity contribution is -0.384. The van der Waals surface area contributed by atoms with E-state index in [1.165, 1.54) is 25.0 Å². The van der Waals surface area contributed by atoms with Gasteiger partial charge in [-0.05, 0) is 30.4 Å². The minimum atomic E-state index is -0.395. The molecule has 1 aliphatic rings. The lowest BCUT2D eigenvalue weighted by atomic mass is 10.2. The molecule has 0 amide bonds. The van der Waals surface area contributed by atoms with Crippen molar-refractivity contribution in [1.82, 2.24) is 5.32 Å². The standard InChI is InChI=1S/C13H17BrN2O3/c14-13-7-12(16(17)18)4-3-11(13)8-15-5-6-19-9-10-1-2-10/h3-4,7,10,15H,1-2,5-6,8-9H2. The second-order valence-electron chi connectivity index (χ2n) is 4.73. The molecule has 1 N–H and O–H groups in total. The molecule has 0 saturated heterocycles. The zero-order chi connectivity index (χ0) is 13.7. The molecule has 19 heavy (non-hydrogen) atoms. The fourth-order valence-corrected chi connectivity index (χ4v) is 2.20. The van der Waals surface area contributed by atoms with E-state index >= 15 is 0 Å². The highest BCUT2D eigenvalue weighted by Gasteiger charge is 2.20. The minimum absolute atomic E-state index is 0.100. The van der Waals surface area contributed by atoms with Gasteiger partial charge in [0.1, 0.15) is 0 Å². The lowest BCUT2D eigenvalue weighted by Gasteiger charge is -2.07. The maximum Gasteiger partial charge on any atom is 0.270 e. The first-order valence-electron chi connectivity index (χ1n) is 6.38. The third-order valence-electron chi connectivity index (χ3n) is 3.04. The summed E-state index contributed by atoms with van der Waals surface area (Å²) < 4.78 is 6.27. The molecule has 0 heterocycles. The second kappa shape index (κ2) is 6.98. The van der Waals surface area contributed by atoms with Crippen molar-refractivity contribution in [3.8, 4) is 0 Å². The van der Waals surface area contributed by atoms with Gasteiger partial charge in [-0.15, -0.1) is 0 Å². The van der Waals surface area contributed by atoms with Gasteiger partial charge in [-0.1, -0.05) is 15.9 Å². The van der Waals surface area contributed by atoms with E-state index in [9.17, 15) is 10.1 Å². The van der Waals surface area contributed by atoms with Crippen molar-refractivity contribution in [2.45, 2.75) is 19.4 Å². The van der Waals surface area contributed by atoms with Crippen LogP contribution in [0, 0.1) is 16.0 Å². The van der Waals surface area contributed by atoms with Crippen LogP contribution >= 0.6 is 15.9 Å². The van der Waals surface area contributed by atoms with Crippen LogP contribution in [0.2, 0.25) is 0 Å². The molecule has 1 saturated carbocycles. The van der Waals surface area contributed by atoms with E-state index in [0.717, 1.165) is 29.1 Å². The number of halogens is 1. The Kier molecular flexibility index (Phi) is 5.30. The van der Waals surface area contributed by atoms with Crippen molar-refractivity contribution in [2.24, 2.45) is 5.92 Å². The van der Waals surface area contributed by atoms with Crippen molar-refractivity contribution < 1.29 is 9.66 Å². The Labute approximate surface area is 120 Å². The molecule has 0 spiro atoms. The molecule has 0 aromatic heterocycles. The summed E-state index contributed by atoms with van der Waals surface area (Å²) in [6, 6.07) is 4.81. The van der Waals surface area contributed by atoms with Gasteiger partial charge >= 0.3 is 0 Å². The lowest BCUT2D eigenvalue weighted by Crippen LogP contribution is -2.20. The summed E-state index contributed by atoms with van der Waals surface area (Å²) in [5.41, 5.74) is 1.11. The Hall–Kier alpha value is -0.980. The van der Waals surface area contributed by atoms with Crippen LogP contribution in [0.3, 0.4) is 0 Å². The molecular formula is C13H17BrN2O3. The molecule has 104 valence electrons. The quantitative estimate of drug-likeness (QED) is 0.452. The number of nitrogens with zero attached hydrogens (tertiary/aromatic N) is 1. The van der Waals surface area contributed by atoms with Crippen molar-refractivity contribution >= 4 is 21.6 Å². The molecular weight excluding hydrogens is 312 g/mol. The number of benzene rings is 1. The summed E-state index contributed by atoms with van der Waals surface area (Å²) in [4.78, 5) is 10.2. The maximum atomic E-state index is 10.6. The predicted molar refractivity (Wildman–Crippen MR) is 76.0 cm³/mol. The fraction of sp³-hybridized carbons (Fsp3) is 0.538. The molecule has 0 unspecified atom stereocenters. The second-order valence-corrected chi connectivity index (χ2v) is 5.58. The van der Waals surface area contributed by atoms with Gasteiger partial charge in [-0.25, -0.2) is 0 Å². The number of nitro groups is 1. The van der Waals surface area contributed by atoms with Crippen molar-refractivity contribution in [1.29, 1.82) is 0 Å². The summed E-state index contributed by atoms with van der Waals surface area (Å²) in [5, 5.41) is 13.9. The minimum Gasteiger partial charge on any atom is -0.380 e. The topological polar surface area (TPSA) is 64.4 Å². The van der Waals surface area contributed by atoms with Gasteiger partial charge in [-0.2, -0.15) is 0 Å². The zero-order valence-corrected chi connectivity index (χ0v) is 12.2. The normalized spacial score (nSPS) is 14.6. The number of nitro benzene ring substituents is 1. The van der Waals surface area contributed by atoms with Gasteiger partial charge in [0.15, 0.2) is 0 Å². The summed E-state index contributed by atoms with van der Waals surface area (Å²) in [7, 11) is 0. The first-order valence-corrected chi connectivity index (χ1v) is 7.17. The average Bonchev–Trinajstić information content (AvgIpc) is 3.19. The van der Waals surface area contributed by atoms with Crippen LogP contribution in [0.5, 0.6) is 0 Å². The fourth-order valence-electron chi connectivity index (χ4n) is 1.70. The van der Waals surface area contributed by atoms with Gasteiger partial charge in [0.05, 0.1) is 11.5 Å². The molecule has 0 radical (unpaired) electrons. The number of rotatable bonds is 8. The van der Waals surface area contributed by atoms with Gasteiger partial charge in [-0.3, -0.25) is 10.1 Å². The number of nitrogens with one attached hydrogen (secondary N) is 1. The Morgan fingerprint density at radius 1 is 1.47 bits per heavy atom. The molecule has 1 fully saturated rings. The van der Waals surface area contributed by atoms with Crippen LogP contribution in [0.4, 0.5) is 5.69 Å². The third-order valence-corrected chi connectivity index (χ3v) is 3.77. The van der Waals surface area contributed by atoms with Crippen LogP contribution in [-0.2, 0) is 11.3 Å². The summed E-state index contributed by atoms with van der Waals surface area (Å²) in [5.74, 6) is 0.795. The van der Waals surface area contributed by atoms with E-state index in [4.69, 9.17) is 4.74 Å². The van der Waals surface area contributed by atoms with E-state index in [-0.39, 0.29) is 5.69 Å². The highest BCUT2D eigenvalue weighted by atomic mass is 79.9. The average molecular weight is 329 g/mol. The smallest absolute Gasteiger partial charge is 0.270 e. The highest BCUT2D eigenvalue weighted by Crippen LogP contribution is 2.28. The Balaban J connectivity index is 1.68. The van der Waals surface area contributed by atoms with Crippen molar-refractivity contribution in [2.75, 3.05) is 19.8 Å². The molecule has 0 atom stereocenters. The zero-order valence-electron chi connectivity index (χ0n) is 10.6. The number of ether oxygens (including phenoxy) is 1. The van der Waals surface area contributed by atoms with Crippen molar-refractivity contribution in [3.63, 3.8) is 0 Å². The molecule has 2 rings (SSSR count). The molecule has 1 aromatic rings. The summed E-state index contributed by atoms with van der Waals surface area (Å²) >= 11 is 3.35. The van der Waals surface area contributed by atoms with Crippen LogP contribution in [-0.4, -0.2) is 24.7 Å². The molecule has 1 aliphatic carbocycles. The van der Waals surface area contributed by atoms with Gasteiger partial charge in [0.25, 0.3) is 5.69 Å². The van der Waals surface area contributed by atoms with Crippen LogP contribution < -0.4 is 5.32 Å². The molecule has 5 nitrogen and oxygen atoms in total. The SMILES string of the molecule is O=[N+]([O-])c1ccc(CNCCOCC2CC2)c(Br)c1. The van der Waals surface area contributed by atoms with Crippen LogP contribution in [0.25, 0.3) is 0 Å². The molecule has 0 bridgehead atoms. The largest absolute Gasteiger partial charge is 0.380 e. The molecule has 1 aromatic carbocycles. The Bertz CT molecular complexity index is 450. The summed E-state index contributed by atoms with van der Waals surface area (Å²) in [6.45, 7) is 3.05. The third kappa shape index (κ3) is 4.89. The van der Waals surface area contributed by atoms with E-state index < -0.39 is 4.92 Å². The Morgan fingerprint density at radius 3 is 2.89 bits per heavy atom. The first kappa shape index (κ1) is 14.4. The van der Waals surface area contributed by atoms with E-state index in [1.807, 2.05) is 0 Å². The van der Waals surface area contributed by atoms with E-state index in [1.54, 1.807) is 6.07 Å². The highest BCUT2D eigenvalue weighted by molar-refractivity contribution is 9.10. The molecule has 0 aliphatic heterocycles. The van der Waals surface area contributed by atoms with Gasteiger partial charge in [0.2, 0.25) is 0 Å². The number of hydrogen-bond acceptors (Lipinski definition) is 4. The van der Waals surface area contributed by atoms with Gasteiger partial charge in [0, 0.05) is 36.3 Å². The maximum absolute atomic E-state index is 10.6. The summed E-state index contributed by atoms with van der Waals surface area (Å²) in [6.07, 6.45) is 2.62. The predicted octanol–water partition coefficient (Wildman–Crippen LogP) is 2.87.